The van der Waals surface area contributed by atoms with Crippen molar-refractivity contribution in [1.82, 2.24) is 0 Å². The van der Waals surface area contributed by atoms with E-state index in [9.17, 15) is 13.6 Å². The number of hydrogen-bond donors (Lipinski definition) is 0. The van der Waals surface area contributed by atoms with Crippen molar-refractivity contribution in [3.63, 3.8) is 0 Å². The number of carbonyl (C=O) groups excluding carboxylic acids is 1. The summed E-state index contributed by atoms with van der Waals surface area (Å²) in [7, 11) is 2.35. The van der Waals surface area contributed by atoms with E-state index >= 15 is 0 Å². The van der Waals surface area contributed by atoms with Crippen molar-refractivity contribution in [2.45, 2.75) is 6.42 Å². The molecule has 0 aromatic heterocycles. The Hall–Kier alpha value is -1.65. The van der Waals surface area contributed by atoms with Crippen LogP contribution >= 0.6 is 0 Å². The van der Waals surface area contributed by atoms with E-state index in [-0.39, 0.29) is 12.0 Å². The van der Waals surface area contributed by atoms with Gasteiger partial charge in [-0.15, -0.1) is 0 Å². The molecule has 0 aliphatic heterocycles. The Morgan fingerprint density at radius 1 is 1.33 bits per heavy atom. The normalized spacial score (nSPS) is 9.87. The molecule has 3 nitrogen and oxygen atoms in total. The van der Waals surface area contributed by atoms with Crippen LogP contribution in [0.5, 0.6) is 5.75 Å². The van der Waals surface area contributed by atoms with Crippen LogP contribution in [-0.2, 0) is 16.0 Å². The van der Waals surface area contributed by atoms with Crippen LogP contribution in [0.4, 0.5) is 8.78 Å². The van der Waals surface area contributed by atoms with E-state index in [0.717, 1.165) is 13.2 Å². The molecule has 0 spiro atoms. The third kappa shape index (κ3) is 2.43. The van der Waals surface area contributed by atoms with Gasteiger partial charge in [0.2, 0.25) is 0 Å². The molecule has 5 heteroatoms. The van der Waals surface area contributed by atoms with Gasteiger partial charge in [-0.1, -0.05) is 6.07 Å². The molecule has 0 bridgehead atoms. The predicted molar refractivity (Wildman–Crippen MR) is 48.6 cm³/mol. The van der Waals surface area contributed by atoms with Gasteiger partial charge in [0.15, 0.2) is 17.4 Å². The minimum atomic E-state index is -0.872. The molecule has 0 saturated heterocycles. The van der Waals surface area contributed by atoms with Crippen molar-refractivity contribution in [3.05, 3.63) is 29.3 Å². The molecule has 0 atom stereocenters. The zero-order chi connectivity index (χ0) is 11.4. The third-order valence-electron chi connectivity index (χ3n) is 1.90. The summed E-state index contributed by atoms with van der Waals surface area (Å²) in [6.45, 7) is 0. The molecule has 82 valence electrons. The molecule has 0 heterocycles. The third-order valence-corrected chi connectivity index (χ3v) is 1.90. The molecular weight excluding hydrogens is 206 g/mol. The second-order valence-electron chi connectivity index (χ2n) is 2.81. The van der Waals surface area contributed by atoms with Gasteiger partial charge in [-0.05, 0) is 6.07 Å². The molecular formula is C10H10F2O3. The first-order valence-electron chi connectivity index (χ1n) is 4.17. The maximum Gasteiger partial charge on any atom is 0.310 e. The van der Waals surface area contributed by atoms with Crippen LogP contribution in [0.2, 0.25) is 0 Å². The maximum atomic E-state index is 13.5. The predicted octanol–water partition coefficient (Wildman–Crippen LogP) is 1.69. The smallest absolute Gasteiger partial charge is 0.310 e. The van der Waals surface area contributed by atoms with Gasteiger partial charge in [-0.25, -0.2) is 8.78 Å². The zero-order valence-corrected chi connectivity index (χ0v) is 8.34. The first-order chi connectivity index (χ1) is 7.10. The first-order valence-corrected chi connectivity index (χ1v) is 4.17. The molecule has 0 fully saturated rings. The van der Waals surface area contributed by atoms with Gasteiger partial charge in [-0.3, -0.25) is 4.79 Å². The molecule has 0 unspecified atom stereocenters. The van der Waals surface area contributed by atoms with Crippen LogP contribution in [-0.4, -0.2) is 20.2 Å². The van der Waals surface area contributed by atoms with Crippen LogP contribution in [0.3, 0.4) is 0 Å². The molecule has 0 aliphatic rings. The highest BCUT2D eigenvalue weighted by Crippen LogP contribution is 2.24. The Morgan fingerprint density at radius 3 is 2.53 bits per heavy atom. The van der Waals surface area contributed by atoms with E-state index in [4.69, 9.17) is 0 Å². The van der Waals surface area contributed by atoms with E-state index in [1.54, 1.807) is 0 Å². The van der Waals surface area contributed by atoms with Crippen molar-refractivity contribution >= 4 is 5.97 Å². The summed E-state index contributed by atoms with van der Waals surface area (Å²) >= 11 is 0. The molecule has 1 rings (SSSR count). The lowest BCUT2D eigenvalue weighted by Crippen LogP contribution is -2.07. The highest BCUT2D eigenvalue weighted by atomic mass is 19.1. The Kier molecular flexibility index (Phi) is 3.60. The molecule has 0 amide bonds. The standard InChI is InChI=1S/C10H10F2O3/c1-14-8(13)5-6-3-4-7(11)10(15-2)9(6)12/h3-4H,5H2,1-2H3. The summed E-state index contributed by atoms with van der Waals surface area (Å²) in [4.78, 5) is 10.9. The van der Waals surface area contributed by atoms with Crippen molar-refractivity contribution in [2.24, 2.45) is 0 Å². The van der Waals surface area contributed by atoms with Gasteiger partial charge in [0.25, 0.3) is 0 Å². The van der Waals surface area contributed by atoms with Crippen molar-refractivity contribution in [2.75, 3.05) is 14.2 Å². The van der Waals surface area contributed by atoms with Crippen LogP contribution in [0.25, 0.3) is 0 Å². The van der Waals surface area contributed by atoms with Crippen LogP contribution in [0.15, 0.2) is 12.1 Å². The fourth-order valence-electron chi connectivity index (χ4n) is 1.12. The van der Waals surface area contributed by atoms with Crippen molar-refractivity contribution < 1.29 is 23.0 Å². The van der Waals surface area contributed by atoms with E-state index < -0.39 is 23.4 Å². The van der Waals surface area contributed by atoms with Crippen LogP contribution < -0.4 is 4.74 Å². The fraction of sp³-hybridized carbons (Fsp3) is 0.300. The number of benzene rings is 1. The van der Waals surface area contributed by atoms with Gasteiger partial charge in [0.1, 0.15) is 0 Å². The minimum absolute atomic E-state index is 0.0418. The summed E-state index contributed by atoms with van der Waals surface area (Å²) in [6.07, 6.45) is -0.251. The second kappa shape index (κ2) is 4.72. The Labute approximate surface area is 85.6 Å². The molecule has 0 N–H and O–H groups in total. The molecule has 0 saturated carbocycles. The van der Waals surface area contributed by atoms with E-state index in [1.807, 2.05) is 0 Å². The quantitative estimate of drug-likeness (QED) is 0.721. The van der Waals surface area contributed by atoms with E-state index in [0.29, 0.717) is 0 Å². The topological polar surface area (TPSA) is 35.5 Å². The molecule has 0 radical (unpaired) electrons. The molecule has 15 heavy (non-hydrogen) atoms. The number of esters is 1. The van der Waals surface area contributed by atoms with Crippen molar-refractivity contribution in [3.8, 4) is 5.75 Å². The number of rotatable bonds is 3. The first kappa shape index (κ1) is 11.4. The lowest BCUT2D eigenvalue weighted by Gasteiger charge is -2.07. The lowest BCUT2D eigenvalue weighted by atomic mass is 10.1. The highest BCUT2D eigenvalue weighted by molar-refractivity contribution is 5.72. The Balaban J connectivity index is 3.05. The van der Waals surface area contributed by atoms with E-state index in [2.05, 4.69) is 9.47 Å². The molecule has 0 aliphatic carbocycles. The summed E-state index contributed by atoms with van der Waals surface area (Å²) in [5.74, 6) is -2.76. The summed E-state index contributed by atoms with van der Waals surface area (Å²) in [5.41, 5.74) is 0.0418. The average Bonchev–Trinajstić information content (AvgIpc) is 2.23. The summed E-state index contributed by atoms with van der Waals surface area (Å²) in [6, 6.07) is 2.23. The SMILES string of the molecule is COC(=O)Cc1ccc(F)c(OC)c1F. The van der Waals surface area contributed by atoms with Crippen molar-refractivity contribution in [1.29, 1.82) is 0 Å². The maximum absolute atomic E-state index is 13.5. The van der Waals surface area contributed by atoms with Crippen LogP contribution in [0.1, 0.15) is 5.56 Å². The summed E-state index contributed by atoms with van der Waals surface area (Å²) in [5, 5.41) is 0. The largest absolute Gasteiger partial charge is 0.491 e. The molecule has 1 aromatic carbocycles. The highest BCUT2D eigenvalue weighted by Gasteiger charge is 2.16. The second-order valence-corrected chi connectivity index (χ2v) is 2.81. The van der Waals surface area contributed by atoms with Gasteiger partial charge < -0.3 is 9.47 Å². The fourth-order valence-corrected chi connectivity index (χ4v) is 1.12. The monoisotopic (exact) mass is 216 g/mol. The minimum Gasteiger partial charge on any atom is -0.491 e. The number of halogens is 2. The number of ether oxygens (including phenoxy) is 2. The van der Waals surface area contributed by atoms with Gasteiger partial charge >= 0.3 is 5.97 Å². The van der Waals surface area contributed by atoms with Gasteiger partial charge in [0, 0.05) is 5.56 Å². The number of hydrogen-bond acceptors (Lipinski definition) is 3. The number of methoxy groups -OCH3 is 2. The lowest BCUT2D eigenvalue weighted by molar-refractivity contribution is -0.139. The Bertz CT molecular complexity index is 377. The zero-order valence-electron chi connectivity index (χ0n) is 8.34. The summed E-state index contributed by atoms with van der Waals surface area (Å²) < 4.78 is 35.3. The Morgan fingerprint density at radius 2 is 2.00 bits per heavy atom. The van der Waals surface area contributed by atoms with Gasteiger partial charge in [0.05, 0.1) is 20.6 Å². The molecule has 1 aromatic rings. The number of carbonyl (C=O) groups is 1. The average molecular weight is 216 g/mol. The van der Waals surface area contributed by atoms with Gasteiger partial charge in [-0.2, -0.15) is 0 Å². The van der Waals surface area contributed by atoms with Crippen LogP contribution in [0, 0.1) is 11.6 Å². The van der Waals surface area contributed by atoms with E-state index in [1.165, 1.54) is 13.2 Å².